The number of fused-ring (bicyclic) bond motifs is 1. The second-order valence-electron chi connectivity index (χ2n) is 5.54. The number of rotatable bonds is 6. The van der Waals surface area contributed by atoms with Crippen LogP contribution >= 0.6 is 0 Å². The summed E-state index contributed by atoms with van der Waals surface area (Å²) >= 11 is 0. The summed E-state index contributed by atoms with van der Waals surface area (Å²) in [6.07, 6.45) is 3.36. The average molecular weight is 315 g/mol. The Labute approximate surface area is 134 Å². The van der Waals surface area contributed by atoms with Crippen LogP contribution in [0.25, 0.3) is 0 Å². The summed E-state index contributed by atoms with van der Waals surface area (Å²) < 4.78 is 5.87. The largest absolute Gasteiger partial charge is 0.494 e. The molecule has 0 spiro atoms. The van der Waals surface area contributed by atoms with Gasteiger partial charge in [-0.3, -0.25) is 9.98 Å². The standard InChI is InChI=1S/C17H21N3O3/c1-2-3-4-8-23-14-7-5-6-13-12(14)10-18-16(19-13)11-9-15(21)20-17(11)22/h5-7,9,20-22H,2-4,8,10H2,1H3,(H,18,19). The molecule has 23 heavy (non-hydrogen) atoms. The lowest BCUT2D eigenvalue weighted by Gasteiger charge is -2.20. The van der Waals surface area contributed by atoms with Crippen LogP contribution in [-0.4, -0.2) is 27.6 Å². The molecule has 2 heterocycles. The van der Waals surface area contributed by atoms with Crippen molar-refractivity contribution >= 4 is 11.5 Å². The van der Waals surface area contributed by atoms with Crippen LogP contribution in [0.2, 0.25) is 0 Å². The molecule has 1 aliphatic rings. The highest BCUT2D eigenvalue weighted by atomic mass is 16.5. The lowest BCUT2D eigenvalue weighted by molar-refractivity contribution is 0.303. The van der Waals surface area contributed by atoms with Gasteiger partial charge in [0.15, 0.2) is 5.88 Å². The molecule has 0 unspecified atom stereocenters. The van der Waals surface area contributed by atoms with Crippen molar-refractivity contribution in [3.63, 3.8) is 0 Å². The van der Waals surface area contributed by atoms with Gasteiger partial charge in [0.05, 0.1) is 18.7 Å². The van der Waals surface area contributed by atoms with Gasteiger partial charge in [0, 0.05) is 17.3 Å². The van der Waals surface area contributed by atoms with Crippen LogP contribution in [0, 0.1) is 0 Å². The van der Waals surface area contributed by atoms with Gasteiger partial charge in [-0.25, -0.2) is 0 Å². The molecule has 1 aromatic heterocycles. The minimum absolute atomic E-state index is 0.0965. The molecule has 0 saturated heterocycles. The van der Waals surface area contributed by atoms with Crippen LogP contribution in [-0.2, 0) is 6.54 Å². The number of aromatic amines is 1. The van der Waals surface area contributed by atoms with Crippen LogP contribution in [0.3, 0.4) is 0 Å². The van der Waals surface area contributed by atoms with E-state index in [4.69, 9.17) is 4.74 Å². The number of benzene rings is 1. The highest BCUT2D eigenvalue weighted by Crippen LogP contribution is 2.32. The van der Waals surface area contributed by atoms with Crippen molar-refractivity contribution in [3.8, 4) is 17.5 Å². The van der Waals surface area contributed by atoms with Crippen LogP contribution in [0.5, 0.6) is 17.5 Å². The minimum Gasteiger partial charge on any atom is -0.494 e. The lowest BCUT2D eigenvalue weighted by Crippen LogP contribution is -2.19. The fraction of sp³-hybridized carbons (Fsp3) is 0.353. The number of aromatic hydroxyl groups is 2. The zero-order chi connectivity index (χ0) is 16.2. The fourth-order valence-electron chi connectivity index (χ4n) is 2.60. The van der Waals surface area contributed by atoms with Crippen LogP contribution in [0.15, 0.2) is 29.3 Å². The first-order valence-corrected chi connectivity index (χ1v) is 7.86. The molecule has 0 radical (unpaired) electrons. The van der Waals surface area contributed by atoms with Gasteiger partial charge in [0.25, 0.3) is 0 Å². The van der Waals surface area contributed by atoms with Crippen molar-refractivity contribution in [1.82, 2.24) is 4.98 Å². The van der Waals surface area contributed by atoms with Gasteiger partial charge >= 0.3 is 0 Å². The Hall–Kier alpha value is -2.63. The Balaban J connectivity index is 1.76. The smallest absolute Gasteiger partial charge is 0.202 e. The summed E-state index contributed by atoms with van der Waals surface area (Å²) in [5.74, 6) is 1.16. The number of hydrogen-bond acceptors (Lipinski definition) is 5. The molecule has 1 aliphatic heterocycles. The normalized spacial score (nSPS) is 13.2. The van der Waals surface area contributed by atoms with Gasteiger partial charge in [-0.1, -0.05) is 25.8 Å². The predicted molar refractivity (Wildman–Crippen MR) is 89.4 cm³/mol. The van der Waals surface area contributed by atoms with E-state index in [1.165, 1.54) is 12.5 Å². The number of ether oxygens (including phenoxy) is 1. The zero-order valence-corrected chi connectivity index (χ0v) is 13.1. The molecular formula is C17H21N3O3. The number of unbranched alkanes of at least 4 members (excludes halogenated alkanes) is 2. The molecule has 0 amide bonds. The van der Waals surface area contributed by atoms with Gasteiger partial charge < -0.3 is 20.3 Å². The first kappa shape index (κ1) is 15.3. The zero-order valence-electron chi connectivity index (χ0n) is 13.1. The molecule has 1 aromatic carbocycles. The highest BCUT2D eigenvalue weighted by Gasteiger charge is 2.20. The molecule has 0 bridgehead atoms. The first-order valence-electron chi connectivity index (χ1n) is 7.86. The van der Waals surface area contributed by atoms with Crippen LogP contribution < -0.4 is 10.1 Å². The molecule has 2 aromatic rings. The topological polar surface area (TPSA) is 89.9 Å². The van der Waals surface area contributed by atoms with Gasteiger partial charge in [0.2, 0.25) is 5.88 Å². The summed E-state index contributed by atoms with van der Waals surface area (Å²) in [6.45, 7) is 3.33. The fourth-order valence-corrected chi connectivity index (χ4v) is 2.60. The maximum Gasteiger partial charge on any atom is 0.202 e. The maximum absolute atomic E-state index is 9.79. The number of nitrogens with zero attached hydrogens (tertiary/aromatic N) is 1. The Morgan fingerprint density at radius 2 is 2.13 bits per heavy atom. The average Bonchev–Trinajstić information content (AvgIpc) is 2.89. The molecule has 0 saturated carbocycles. The van der Waals surface area contributed by atoms with E-state index in [0.717, 1.165) is 29.8 Å². The summed E-state index contributed by atoms with van der Waals surface area (Å²) in [4.78, 5) is 6.90. The number of nitrogens with one attached hydrogen (secondary N) is 2. The quantitative estimate of drug-likeness (QED) is 0.615. The second kappa shape index (κ2) is 6.64. The third-order valence-electron chi connectivity index (χ3n) is 3.82. The molecule has 3 rings (SSSR count). The van der Waals surface area contributed by atoms with Gasteiger partial charge in [-0.2, -0.15) is 0 Å². The number of aliphatic imine (C=N–C) groups is 1. The summed E-state index contributed by atoms with van der Waals surface area (Å²) in [7, 11) is 0. The van der Waals surface area contributed by atoms with Crippen molar-refractivity contribution < 1.29 is 14.9 Å². The Kier molecular flexibility index (Phi) is 4.41. The summed E-state index contributed by atoms with van der Waals surface area (Å²) in [6, 6.07) is 7.27. The highest BCUT2D eigenvalue weighted by molar-refractivity contribution is 6.11. The van der Waals surface area contributed by atoms with E-state index >= 15 is 0 Å². The van der Waals surface area contributed by atoms with Gasteiger partial charge in [-0.15, -0.1) is 0 Å². The number of amidine groups is 1. The van der Waals surface area contributed by atoms with Gasteiger partial charge in [-0.05, 0) is 18.6 Å². The van der Waals surface area contributed by atoms with Crippen molar-refractivity contribution in [2.45, 2.75) is 32.7 Å². The summed E-state index contributed by atoms with van der Waals surface area (Å²) in [5.41, 5.74) is 2.36. The van der Waals surface area contributed by atoms with E-state index < -0.39 is 0 Å². The van der Waals surface area contributed by atoms with E-state index in [1.54, 1.807) is 0 Å². The van der Waals surface area contributed by atoms with E-state index in [1.807, 2.05) is 18.2 Å². The predicted octanol–water partition coefficient (Wildman–Crippen LogP) is 3.37. The third-order valence-corrected chi connectivity index (χ3v) is 3.82. The molecule has 6 nitrogen and oxygen atoms in total. The van der Waals surface area contributed by atoms with Crippen molar-refractivity contribution in [2.24, 2.45) is 4.99 Å². The van der Waals surface area contributed by atoms with E-state index in [-0.39, 0.29) is 11.8 Å². The van der Waals surface area contributed by atoms with Crippen LogP contribution in [0.4, 0.5) is 5.69 Å². The molecule has 0 aliphatic carbocycles. The molecule has 0 atom stereocenters. The van der Waals surface area contributed by atoms with Gasteiger partial charge in [0.1, 0.15) is 11.6 Å². The SMILES string of the molecule is CCCCCOc1cccc2c1CN=C(c1cc(O)[nH]c1O)N2. The minimum atomic E-state index is -0.107. The molecule has 0 fully saturated rings. The second-order valence-corrected chi connectivity index (χ2v) is 5.54. The molecule has 6 heteroatoms. The van der Waals surface area contributed by atoms with Crippen molar-refractivity contribution in [1.29, 1.82) is 0 Å². The third kappa shape index (κ3) is 3.26. The van der Waals surface area contributed by atoms with Crippen molar-refractivity contribution in [2.75, 3.05) is 11.9 Å². The summed E-state index contributed by atoms with van der Waals surface area (Å²) in [5, 5.41) is 22.4. The monoisotopic (exact) mass is 315 g/mol. The van der Waals surface area contributed by atoms with E-state index in [9.17, 15) is 10.2 Å². The lowest BCUT2D eigenvalue weighted by atomic mass is 10.1. The maximum atomic E-state index is 9.79. The Morgan fingerprint density at radius 3 is 2.87 bits per heavy atom. The molecule has 4 N–H and O–H groups in total. The van der Waals surface area contributed by atoms with Crippen LogP contribution in [0.1, 0.15) is 37.3 Å². The van der Waals surface area contributed by atoms with E-state index in [2.05, 4.69) is 22.2 Å². The van der Waals surface area contributed by atoms with E-state index in [0.29, 0.717) is 24.6 Å². The number of anilines is 1. The first-order chi connectivity index (χ1) is 11.2. The molecular weight excluding hydrogens is 294 g/mol. The number of aromatic nitrogens is 1. The number of H-pyrrole nitrogens is 1. The van der Waals surface area contributed by atoms with Crippen molar-refractivity contribution in [3.05, 3.63) is 35.4 Å². The Bertz CT molecular complexity index is 722. The number of hydrogen-bond donors (Lipinski definition) is 4. The Morgan fingerprint density at radius 1 is 1.26 bits per heavy atom. The molecule has 122 valence electrons.